The van der Waals surface area contributed by atoms with Gasteiger partial charge in [-0.15, -0.1) is 0 Å². The van der Waals surface area contributed by atoms with Gasteiger partial charge in [0.2, 0.25) is 0 Å². The number of hydrogen-bond acceptors (Lipinski definition) is 3. The fourth-order valence-corrected chi connectivity index (χ4v) is 3.27. The van der Waals surface area contributed by atoms with Crippen molar-refractivity contribution in [2.45, 2.75) is 44.7 Å². The molecular formula is C16H24ClN3O. The Morgan fingerprint density at radius 3 is 2.62 bits per heavy atom. The summed E-state index contributed by atoms with van der Waals surface area (Å²) in [5.41, 5.74) is 7.16. The Kier molecular flexibility index (Phi) is 6.03. The molecule has 1 aromatic rings. The zero-order valence-electron chi connectivity index (χ0n) is 12.3. The molecule has 2 rings (SSSR count). The van der Waals surface area contributed by atoms with Crippen LogP contribution in [-0.4, -0.2) is 35.0 Å². The van der Waals surface area contributed by atoms with Gasteiger partial charge in [0, 0.05) is 29.7 Å². The van der Waals surface area contributed by atoms with Crippen molar-refractivity contribution in [3.8, 4) is 0 Å². The minimum Gasteiger partial charge on any atom is -0.395 e. The summed E-state index contributed by atoms with van der Waals surface area (Å²) in [7, 11) is 0. The zero-order valence-corrected chi connectivity index (χ0v) is 13.1. The minimum atomic E-state index is 0.0305. The number of nitrogens with one attached hydrogen (secondary N) is 1. The number of benzene rings is 1. The maximum Gasteiger partial charge on any atom is 0.122 e. The maximum absolute atomic E-state index is 9.31. The summed E-state index contributed by atoms with van der Waals surface area (Å²) in [4.78, 5) is 2.33. The van der Waals surface area contributed by atoms with Crippen LogP contribution in [0, 0.1) is 5.41 Å². The van der Waals surface area contributed by atoms with Gasteiger partial charge < -0.3 is 10.8 Å². The Hall–Kier alpha value is -1.10. The lowest BCUT2D eigenvalue weighted by molar-refractivity contribution is 0.117. The first-order valence-corrected chi connectivity index (χ1v) is 7.97. The Bertz CT molecular complexity index is 486. The molecule has 1 aromatic carbocycles. The highest BCUT2D eigenvalue weighted by Crippen LogP contribution is 2.26. The van der Waals surface area contributed by atoms with Crippen molar-refractivity contribution in [1.82, 2.24) is 4.90 Å². The second kappa shape index (κ2) is 7.78. The van der Waals surface area contributed by atoms with Crippen molar-refractivity contribution in [3.05, 3.63) is 34.3 Å². The number of aliphatic hydroxyl groups excluding tert-OH is 1. The summed E-state index contributed by atoms with van der Waals surface area (Å²) in [5, 5.41) is 17.4. The van der Waals surface area contributed by atoms with E-state index in [9.17, 15) is 5.11 Å². The molecule has 0 heterocycles. The quantitative estimate of drug-likeness (QED) is 0.559. The van der Waals surface area contributed by atoms with Crippen molar-refractivity contribution >= 4 is 17.4 Å². The van der Waals surface area contributed by atoms with Gasteiger partial charge in [0.25, 0.3) is 0 Å². The van der Waals surface area contributed by atoms with E-state index in [1.807, 2.05) is 12.1 Å². The van der Waals surface area contributed by atoms with Crippen molar-refractivity contribution in [3.63, 3.8) is 0 Å². The topological polar surface area (TPSA) is 73.3 Å². The summed E-state index contributed by atoms with van der Waals surface area (Å²) in [6.45, 7) is 1.58. The fraction of sp³-hybridized carbons (Fsp3) is 0.562. The molecule has 21 heavy (non-hydrogen) atoms. The standard InChI is InChI=1S/C16H24ClN3O/c17-15-10-12(16(18)19)6-7-13(15)11-20(8-9-21)14-4-2-1-3-5-14/h6-7,10,14,21H,1-5,8-9,11H2,(H3,18,19). The second-order valence-electron chi connectivity index (χ2n) is 5.71. The van der Waals surface area contributed by atoms with E-state index in [1.54, 1.807) is 6.07 Å². The molecule has 5 heteroatoms. The van der Waals surface area contributed by atoms with Crippen LogP contribution >= 0.6 is 11.6 Å². The molecule has 0 radical (unpaired) electrons. The van der Waals surface area contributed by atoms with E-state index in [-0.39, 0.29) is 12.4 Å². The van der Waals surface area contributed by atoms with Crippen LogP contribution in [0.5, 0.6) is 0 Å². The third kappa shape index (κ3) is 4.43. The van der Waals surface area contributed by atoms with Gasteiger partial charge in [-0.2, -0.15) is 0 Å². The molecule has 0 aromatic heterocycles. The molecular weight excluding hydrogens is 286 g/mol. The lowest BCUT2D eigenvalue weighted by Gasteiger charge is -2.34. The highest BCUT2D eigenvalue weighted by molar-refractivity contribution is 6.31. The average molecular weight is 310 g/mol. The summed E-state index contributed by atoms with van der Waals surface area (Å²) in [6, 6.07) is 6.06. The van der Waals surface area contributed by atoms with E-state index in [0.717, 1.165) is 12.1 Å². The van der Waals surface area contributed by atoms with Gasteiger partial charge >= 0.3 is 0 Å². The van der Waals surface area contributed by atoms with Gasteiger partial charge in [0.05, 0.1) is 6.61 Å². The van der Waals surface area contributed by atoms with E-state index in [4.69, 9.17) is 22.7 Å². The summed E-state index contributed by atoms with van der Waals surface area (Å²) < 4.78 is 0. The van der Waals surface area contributed by atoms with Gasteiger partial charge in [-0.1, -0.05) is 43.0 Å². The molecule has 0 saturated heterocycles. The van der Waals surface area contributed by atoms with Crippen LogP contribution in [-0.2, 0) is 6.54 Å². The Labute approximate surface area is 131 Å². The molecule has 0 aliphatic heterocycles. The number of nitrogen functional groups attached to an aromatic ring is 1. The number of halogens is 1. The number of rotatable bonds is 6. The molecule has 0 bridgehead atoms. The average Bonchev–Trinajstić information content (AvgIpc) is 2.49. The van der Waals surface area contributed by atoms with Crippen LogP contribution < -0.4 is 5.73 Å². The van der Waals surface area contributed by atoms with Crippen LogP contribution in [0.15, 0.2) is 18.2 Å². The Morgan fingerprint density at radius 2 is 2.05 bits per heavy atom. The summed E-state index contributed by atoms with van der Waals surface area (Å²) in [6.07, 6.45) is 6.25. The van der Waals surface area contributed by atoms with E-state index in [2.05, 4.69) is 4.90 Å². The first-order chi connectivity index (χ1) is 10.1. The lowest BCUT2D eigenvalue weighted by atomic mass is 9.93. The zero-order chi connectivity index (χ0) is 15.2. The molecule has 116 valence electrons. The number of aliphatic hydroxyl groups is 1. The van der Waals surface area contributed by atoms with Crippen LogP contribution in [0.2, 0.25) is 5.02 Å². The second-order valence-corrected chi connectivity index (χ2v) is 6.11. The largest absolute Gasteiger partial charge is 0.395 e. The third-order valence-corrected chi connectivity index (χ3v) is 4.57. The molecule has 1 saturated carbocycles. The van der Waals surface area contributed by atoms with Gasteiger partial charge in [0.15, 0.2) is 0 Å². The predicted octanol–water partition coefficient (Wildman–Crippen LogP) is 2.75. The smallest absolute Gasteiger partial charge is 0.122 e. The SMILES string of the molecule is N=C(N)c1ccc(CN(CCO)C2CCCCC2)c(Cl)c1. The number of nitrogens with two attached hydrogens (primary N) is 1. The van der Waals surface area contributed by atoms with Gasteiger partial charge in [0.1, 0.15) is 5.84 Å². The monoisotopic (exact) mass is 309 g/mol. The molecule has 0 spiro atoms. The van der Waals surface area contributed by atoms with E-state index in [0.29, 0.717) is 23.2 Å². The lowest BCUT2D eigenvalue weighted by Crippen LogP contribution is -2.38. The maximum atomic E-state index is 9.31. The van der Waals surface area contributed by atoms with Gasteiger partial charge in [-0.3, -0.25) is 10.3 Å². The molecule has 0 atom stereocenters. The van der Waals surface area contributed by atoms with Crippen molar-refractivity contribution in [1.29, 1.82) is 5.41 Å². The van der Waals surface area contributed by atoms with Crippen LogP contribution in [0.25, 0.3) is 0 Å². The first-order valence-electron chi connectivity index (χ1n) is 7.59. The van der Waals surface area contributed by atoms with Gasteiger partial charge in [-0.25, -0.2) is 0 Å². The first kappa shape index (κ1) is 16.3. The van der Waals surface area contributed by atoms with Crippen molar-refractivity contribution in [2.24, 2.45) is 5.73 Å². The summed E-state index contributed by atoms with van der Waals surface area (Å²) in [5.74, 6) is 0.0305. The number of amidine groups is 1. The molecule has 0 unspecified atom stereocenters. The fourth-order valence-electron chi connectivity index (χ4n) is 3.03. The van der Waals surface area contributed by atoms with E-state index < -0.39 is 0 Å². The predicted molar refractivity (Wildman–Crippen MR) is 86.8 cm³/mol. The van der Waals surface area contributed by atoms with E-state index >= 15 is 0 Å². The normalized spacial score (nSPS) is 16.3. The number of nitrogens with zero attached hydrogens (tertiary/aromatic N) is 1. The molecule has 1 fully saturated rings. The minimum absolute atomic E-state index is 0.0305. The van der Waals surface area contributed by atoms with Crippen molar-refractivity contribution < 1.29 is 5.11 Å². The Morgan fingerprint density at radius 1 is 1.33 bits per heavy atom. The van der Waals surface area contributed by atoms with E-state index in [1.165, 1.54) is 32.1 Å². The molecule has 4 N–H and O–H groups in total. The highest BCUT2D eigenvalue weighted by atomic mass is 35.5. The van der Waals surface area contributed by atoms with Crippen molar-refractivity contribution in [2.75, 3.05) is 13.2 Å². The summed E-state index contributed by atoms with van der Waals surface area (Å²) >= 11 is 6.32. The molecule has 1 aliphatic carbocycles. The van der Waals surface area contributed by atoms with Crippen LogP contribution in [0.3, 0.4) is 0 Å². The molecule has 1 aliphatic rings. The Balaban J connectivity index is 2.10. The molecule has 4 nitrogen and oxygen atoms in total. The van der Waals surface area contributed by atoms with Gasteiger partial charge in [-0.05, 0) is 24.5 Å². The molecule has 0 amide bonds. The highest BCUT2D eigenvalue weighted by Gasteiger charge is 2.21. The number of hydrogen-bond donors (Lipinski definition) is 3. The van der Waals surface area contributed by atoms with Crippen LogP contribution in [0.4, 0.5) is 0 Å². The van der Waals surface area contributed by atoms with Crippen LogP contribution in [0.1, 0.15) is 43.2 Å². The third-order valence-electron chi connectivity index (χ3n) is 4.22.